The van der Waals surface area contributed by atoms with Crippen molar-refractivity contribution in [3.05, 3.63) is 35.4 Å². The molecule has 3 atom stereocenters. The molecule has 1 aromatic carbocycles. The minimum Gasteiger partial charge on any atom is -0.458 e. The van der Waals surface area contributed by atoms with E-state index in [2.05, 4.69) is 19.2 Å². The van der Waals surface area contributed by atoms with Gasteiger partial charge in [0, 0.05) is 0 Å². The average molecular weight is 348 g/mol. The van der Waals surface area contributed by atoms with Crippen LogP contribution >= 0.6 is 0 Å². The standard InChI is InChI=1S/C20H32N2O3/c1-13(2)10-11-22-16-12-14-8-6-7-9-15(14)17(21)20(16,24)18(23)25-19(3,4)5/h6-9,13,16-17,22,24H,10-12,21H2,1-5H3. The molecule has 1 aliphatic carbocycles. The molecule has 0 radical (unpaired) electrons. The molecule has 0 heterocycles. The third-order valence-electron chi connectivity index (χ3n) is 4.66. The summed E-state index contributed by atoms with van der Waals surface area (Å²) in [6.45, 7) is 10.4. The molecule has 140 valence electrons. The Kier molecular flexibility index (Phi) is 5.92. The largest absolute Gasteiger partial charge is 0.458 e. The molecular weight excluding hydrogens is 316 g/mol. The van der Waals surface area contributed by atoms with Crippen LogP contribution in [0.5, 0.6) is 0 Å². The number of carbonyl (C=O) groups is 1. The molecular formula is C20H32N2O3. The number of benzene rings is 1. The lowest BCUT2D eigenvalue weighted by Gasteiger charge is -2.44. The second kappa shape index (κ2) is 7.44. The maximum absolute atomic E-state index is 12.9. The second-order valence-corrected chi connectivity index (χ2v) is 8.40. The maximum atomic E-state index is 12.9. The molecule has 0 saturated carbocycles. The van der Waals surface area contributed by atoms with Crippen molar-refractivity contribution >= 4 is 5.97 Å². The molecule has 0 aromatic heterocycles. The minimum absolute atomic E-state index is 0.481. The summed E-state index contributed by atoms with van der Waals surface area (Å²) in [5, 5.41) is 14.7. The Bertz CT molecular complexity index is 609. The molecule has 0 amide bonds. The summed E-state index contributed by atoms with van der Waals surface area (Å²) in [5.74, 6) is -0.129. The first-order chi connectivity index (χ1) is 11.6. The number of rotatable bonds is 5. The number of fused-ring (bicyclic) bond motifs is 1. The van der Waals surface area contributed by atoms with E-state index in [0.29, 0.717) is 18.9 Å². The third-order valence-corrected chi connectivity index (χ3v) is 4.66. The van der Waals surface area contributed by atoms with Gasteiger partial charge >= 0.3 is 5.97 Å². The van der Waals surface area contributed by atoms with Crippen molar-refractivity contribution in [3.8, 4) is 0 Å². The first kappa shape index (κ1) is 19.9. The fraction of sp³-hybridized carbons (Fsp3) is 0.650. The molecule has 5 nitrogen and oxygen atoms in total. The Morgan fingerprint density at radius 2 is 2.04 bits per heavy atom. The SMILES string of the molecule is CC(C)CCNC1Cc2ccccc2C(N)C1(O)C(=O)OC(C)(C)C. The van der Waals surface area contributed by atoms with Crippen LogP contribution < -0.4 is 11.1 Å². The number of nitrogens with one attached hydrogen (secondary N) is 1. The highest BCUT2D eigenvalue weighted by Gasteiger charge is 2.54. The Morgan fingerprint density at radius 1 is 1.40 bits per heavy atom. The summed E-state index contributed by atoms with van der Waals surface area (Å²) in [4.78, 5) is 12.9. The monoisotopic (exact) mass is 348 g/mol. The highest BCUT2D eigenvalue weighted by atomic mass is 16.6. The summed E-state index contributed by atoms with van der Waals surface area (Å²) >= 11 is 0. The summed E-state index contributed by atoms with van der Waals surface area (Å²) in [6, 6.07) is 6.39. The first-order valence-electron chi connectivity index (χ1n) is 9.08. The molecule has 1 aromatic rings. The van der Waals surface area contributed by atoms with Crippen molar-refractivity contribution in [2.24, 2.45) is 11.7 Å². The van der Waals surface area contributed by atoms with E-state index in [0.717, 1.165) is 17.5 Å². The van der Waals surface area contributed by atoms with Gasteiger partial charge in [0.05, 0.1) is 12.1 Å². The van der Waals surface area contributed by atoms with Crippen molar-refractivity contribution in [3.63, 3.8) is 0 Å². The molecule has 0 spiro atoms. The lowest BCUT2D eigenvalue weighted by atomic mass is 9.73. The van der Waals surface area contributed by atoms with E-state index in [1.165, 1.54) is 0 Å². The van der Waals surface area contributed by atoms with Crippen LogP contribution in [0.25, 0.3) is 0 Å². The fourth-order valence-corrected chi connectivity index (χ4v) is 3.26. The lowest BCUT2D eigenvalue weighted by molar-refractivity contribution is -0.184. The van der Waals surface area contributed by atoms with Crippen molar-refractivity contribution in [1.29, 1.82) is 0 Å². The van der Waals surface area contributed by atoms with Gasteiger partial charge in [-0.3, -0.25) is 0 Å². The van der Waals surface area contributed by atoms with Crippen LogP contribution in [0.4, 0.5) is 0 Å². The van der Waals surface area contributed by atoms with Crippen LogP contribution in [0.1, 0.15) is 58.2 Å². The molecule has 0 saturated heterocycles. The van der Waals surface area contributed by atoms with Crippen LogP contribution in [0.2, 0.25) is 0 Å². The average Bonchev–Trinajstić information content (AvgIpc) is 2.50. The Morgan fingerprint density at radius 3 is 2.64 bits per heavy atom. The third kappa shape index (κ3) is 4.40. The van der Waals surface area contributed by atoms with E-state index in [-0.39, 0.29) is 0 Å². The van der Waals surface area contributed by atoms with Crippen LogP contribution in [0.3, 0.4) is 0 Å². The lowest BCUT2D eigenvalue weighted by Crippen LogP contribution is -2.65. The van der Waals surface area contributed by atoms with Gasteiger partial charge in [0.1, 0.15) is 5.60 Å². The van der Waals surface area contributed by atoms with Gasteiger partial charge in [0.15, 0.2) is 5.60 Å². The summed E-state index contributed by atoms with van der Waals surface area (Å²) in [7, 11) is 0. The van der Waals surface area contributed by atoms with Crippen LogP contribution in [0, 0.1) is 5.92 Å². The molecule has 1 aliphatic rings. The summed E-state index contributed by atoms with van der Waals surface area (Å²) in [6.07, 6.45) is 1.50. The van der Waals surface area contributed by atoms with Gasteiger partial charge < -0.3 is 20.9 Å². The first-order valence-corrected chi connectivity index (χ1v) is 9.08. The van der Waals surface area contributed by atoms with E-state index >= 15 is 0 Å². The van der Waals surface area contributed by atoms with Crippen LogP contribution in [-0.2, 0) is 16.0 Å². The number of esters is 1. The van der Waals surface area contributed by atoms with E-state index < -0.39 is 29.3 Å². The highest BCUT2D eigenvalue weighted by molar-refractivity contribution is 5.83. The summed E-state index contributed by atoms with van der Waals surface area (Å²) < 4.78 is 5.51. The highest BCUT2D eigenvalue weighted by Crippen LogP contribution is 2.38. The van der Waals surface area contributed by atoms with Gasteiger partial charge in [0.2, 0.25) is 0 Å². The van der Waals surface area contributed by atoms with Crippen molar-refractivity contribution in [2.75, 3.05) is 6.54 Å². The van der Waals surface area contributed by atoms with Crippen molar-refractivity contribution in [1.82, 2.24) is 5.32 Å². The zero-order valence-electron chi connectivity index (χ0n) is 16.0. The van der Waals surface area contributed by atoms with E-state index in [1.54, 1.807) is 20.8 Å². The van der Waals surface area contributed by atoms with Crippen molar-refractivity contribution in [2.45, 2.75) is 70.7 Å². The summed E-state index contributed by atoms with van der Waals surface area (Å²) in [5.41, 5.74) is 5.76. The number of hydrogen-bond acceptors (Lipinski definition) is 5. The van der Waals surface area contributed by atoms with E-state index in [4.69, 9.17) is 10.5 Å². The topological polar surface area (TPSA) is 84.6 Å². The van der Waals surface area contributed by atoms with Gasteiger partial charge in [-0.15, -0.1) is 0 Å². The van der Waals surface area contributed by atoms with Gasteiger partial charge in [-0.2, -0.15) is 0 Å². The number of hydrogen-bond donors (Lipinski definition) is 3. The molecule has 4 N–H and O–H groups in total. The van der Waals surface area contributed by atoms with Gasteiger partial charge in [-0.1, -0.05) is 38.1 Å². The number of aliphatic hydroxyl groups is 1. The Hall–Kier alpha value is -1.43. The zero-order chi connectivity index (χ0) is 18.8. The molecule has 2 rings (SSSR count). The van der Waals surface area contributed by atoms with Gasteiger partial charge in [-0.05, 0) is 57.2 Å². The predicted octanol–water partition coefficient (Wildman–Crippen LogP) is 2.32. The maximum Gasteiger partial charge on any atom is 0.342 e. The van der Waals surface area contributed by atoms with E-state index in [1.807, 2.05) is 24.3 Å². The molecule has 0 aliphatic heterocycles. The molecule has 5 heteroatoms. The number of ether oxygens (including phenoxy) is 1. The van der Waals surface area contributed by atoms with Crippen LogP contribution in [-0.4, -0.2) is 34.9 Å². The zero-order valence-corrected chi connectivity index (χ0v) is 16.0. The normalized spacial score (nSPS) is 26.4. The minimum atomic E-state index is -1.79. The molecule has 25 heavy (non-hydrogen) atoms. The van der Waals surface area contributed by atoms with Crippen molar-refractivity contribution < 1.29 is 14.6 Å². The molecule has 0 fully saturated rings. The Labute approximate surface area is 150 Å². The van der Waals surface area contributed by atoms with Crippen LogP contribution in [0.15, 0.2) is 24.3 Å². The number of nitrogens with two attached hydrogens (primary N) is 1. The number of carbonyl (C=O) groups excluding carboxylic acids is 1. The quantitative estimate of drug-likeness (QED) is 0.711. The predicted molar refractivity (Wildman–Crippen MR) is 99.1 cm³/mol. The van der Waals surface area contributed by atoms with E-state index in [9.17, 15) is 9.90 Å². The molecule has 0 bridgehead atoms. The molecule has 3 unspecified atom stereocenters. The fourth-order valence-electron chi connectivity index (χ4n) is 3.26. The van der Waals surface area contributed by atoms with Gasteiger partial charge in [0.25, 0.3) is 0 Å². The second-order valence-electron chi connectivity index (χ2n) is 8.40. The van der Waals surface area contributed by atoms with Gasteiger partial charge in [-0.25, -0.2) is 4.79 Å². The Balaban J connectivity index is 2.34. The smallest absolute Gasteiger partial charge is 0.342 e.